The summed E-state index contributed by atoms with van der Waals surface area (Å²) in [5.41, 5.74) is 1.42. The van der Waals surface area contributed by atoms with Crippen molar-refractivity contribution in [3.63, 3.8) is 0 Å². The number of carbonyl (C=O) groups is 4. The number of carbonyl (C=O) groups excluding carboxylic acids is 4. The molecule has 2 unspecified atom stereocenters. The number of imide groups is 1. The number of methoxy groups -OCH3 is 2. The van der Waals surface area contributed by atoms with E-state index in [1.54, 1.807) is 18.2 Å². The summed E-state index contributed by atoms with van der Waals surface area (Å²) in [7, 11) is 2.97. The summed E-state index contributed by atoms with van der Waals surface area (Å²) in [5.74, 6) is -0.751. The molecule has 1 aliphatic heterocycles. The van der Waals surface area contributed by atoms with Crippen molar-refractivity contribution in [1.29, 1.82) is 0 Å². The number of nitrogens with zero attached hydrogens (tertiary/aromatic N) is 2. The molecule has 0 bridgehead atoms. The third-order valence-electron chi connectivity index (χ3n) is 6.38. The number of esters is 1. The molecular weight excluding hydrogens is 488 g/mol. The number of hydrogen-bond acceptors (Lipinski definition) is 7. The maximum absolute atomic E-state index is 14.0. The zero-order chi connectivity index (χ0) is 27.4. The Morgan fingerprint density at radius 1 is 0.921 bits per heavy atom. The summed E-state index contributed by atoms with van der Waals surface area (Å²) in [5, 5.41) is 0. The van der Waals surface area contributed by atoms with Crippen LogP contribution in [0.1, 0.15) is 42.2 Å². The summed E-state index contributed by atoms with van der Waals surface area (Å²) in [4.78, 5) is 54.5. The fourth-order valence-electron chi connectivity index (χ4n) is 4.53. The van der Waals surface area contributed by atoms with Crippen LogP contribution >= 0.6 is 0 Å². The van der Waals surface area contributed by atoms with Gasteiger partial charge >= 0.3 is 5.97 Å². The van der Waals surface area contributed by atoms with E-state index >= 15 is 0 Å². The highest BCUT2D eigenvalue weighted by molar-refractivity contribution is 6.23. The van der Waals surface area contributed by atoms with Crippen LogP contribution in [0.3, 0.4) is 0 Å². The van der Waals surface area contributed by atoms with E-state index in [0.29, 0.717) is 22.9 Å². The first kappa shape index (κ1) is 26.4. The van der Waals surface area contributed by atoms with Crippen molar-refractivity contribution in [2.45, 2.75) is 32.4 Å². The molecule has 3 amide bonds. The van der Waals surface area contributed by atoms with Crippen molar-refractivity contribution >= 4 is 29.4 Å². The summed E-state index contributed by atoms with van der Waals surface area (Å²) < 4.78 is 15.7. The third-order valence-corrected chi connectivity index (χ3v) is 6.38. The van der Waals surface area contributed by atoms with E-state index in [1.807, 2.05) is 37.3 Å². The van der Waals surface area contributed by atoms with E-state index in [-0.39, 0.29) is 12.0 Å². The molecule has 0 saturated carbocycles. The quantitative estimate of drug-likeness (QED) is 0.252. The van der Waals surface area contributed by atoms with Crippen LogP contribution in [0.15, 0.2) is 72.8 Å². The van der Waals surface area contributed by atoms with Crippen molar-refractivity contribution in [2.75, 3.05) is 19.1 Å². The predicted molar refractivity (Wildman–Crippen MR) is 139 cm³/mol. The van der Waals surface area contributed by atoms with E-state index < -0.39 is 35.8 Å². The second-order valence-electron chi connectivity index (χ2n) is 8.74. The number of ether oxygens (including phenoxy) is 3. The zero-order valence-electron chi connectivity index (χ0n) is 21.5. The van der Waals surface area contributed by atoms with Crippen LogP contribution < -0.4 is 19.1 Å². The molecule has 0 radical (unpaired) electrons. The second kappa shape index (κ2) is 11.2. The molecule has 4 rings (SSSR count). The third kappa shape index (κ3) is 5.22. The molecule has 1 aliphatic rings. The average molecular weight is 517 g/mol. The van der Waals surface area contributed by atoms with E-state index in [4.69, 9.17) is 14.2 Å². The Morgan fingerprint density at radius 2 is 1.58 bits per heavy atom. The highest BCUT2D eigenvalue weighted by Gasteiger charge is 2.46. The molecule has 9 heteroatoms. The lowest BCUT2D eigenvalue weighted by Gasteiger charge is -2.34. The van der Waals surface area contributed by atoms with Gasteiger partial charge in [0.2, 0.25) is 5.91 Å². The van der Waals surface area contributed by atoms with Crippen molar-refractivity contribution < 1.29 is 33.4 Å². The lowest BCUT2D eigenvalue weighted by molar-refractivity contribution is -0.132. The molecule has 2 atom stereocenters. The Balaban J connectivity index is 1.71. The molecule has 1 fully saturated rings. The first-order valence-corrected chi connectivity index (χ1v) is 12.0. The smallest absolute Gasteiger partial charge is 0.308 e. The lowest BCUT2D eigenvalue weighted by atomic mass is 10.0. The minimum absolute atomic E-state index is 0.180. The van der Waals surface area contributed by atoms with Crippen LogP contribution in [-0.4, -0.2) is 48.9 Å². The van der Waals surface area contributed by atoms with Gasteiger partial charge in [-0.05, 0) is 55.0 Å². The monoisotopic (exact) mass is 516 g/mol. The van der Waals surface area contributed by atoms with Crippen molar-refractivity contribution in [2.24, 2.45) is 0 Å². The summed E-state index contributed by atoms with van der Waals surface area (Å²) in [6.45, 7) is 3.10. The predicted octanol–water partition coefficient (Wildman–Crippen LogP) is 4.16. The van der Waals surface area contributed by atoms with Gasteiger partial charge < -0.3 is 19.1 Å². The number of rotatable bonds is 8. The lowest BCUT2D eigenvalue weighted by Crippen LogP contribution is -2.46. The van der Waals surface area contributed by atoms with E-state index in [1.165, 1.54) is 50.3 Å². The Labute approximate surface area is 220 Å². The van der Waals surface area contributed by atoms with Gasteiger partial charge in [-0.25, -0.2) is 4.90 Å². The van der Waals surface area contributed by atoms with Crippen molar-refractivity contribution in [1.82, 2.24) is 4.90 Å². The SMILES string of the molecule is COc1ccc(C(=O)N(C2CC(=O)N(c3ccc(OC(C)=O)cc3)C2=O)C(C)c2ccccc2)cc1OC. The van der Waals surface area contributed by atoms with Gasteiger partial charge in [0.1, 0.15) is 11.8 Å². The van der Waals surface area contributed by atoms with Crippen LogP contribution in [0.5, 0.6) is 17.2 Å². The molecule has 1 saturated heterocycles. The fraction of sp³-hybridized carbons (Fsp3) is 0.241. The van der Waals surface area contributed by atoms with Gasteiger partial charge in [-0.2, -0.15) is 0 Å². The molecule has 3 aromatic rings. The van der Waals surface area contributed by atoms with E-state index in [2.05, 4.69) is 0 Å². The Hall–Kier alpha value is -4.66. The average Bonchev–Trinajstić information content (AvgIpc) is 3.21. The molecule has 0 spiro atoms. The Kier molecular flexibility index (Phi) is 7.76. The van der Waals surface area contributed by atoms with E-state index in [0.717, 1.165) is 10.5 Å². The van der Waals surface area contributed by atoms with Gasteiger partial charge in [0.15, 0.2) is 11.5 Å². The maximum Gasteiger partial charge on any atom is 0.308 e. The minimum atomic E-state index is -1.04. The number of anilines is 1. The van der Waals surface area contributed by atoms with Crippen LogP contribution in [-0.2, 0) is 14.4 Å². The first-order chi connectivity index (χ1) is 18.2. The van der Waals surface area contributed by atoms with Crippen LogP contribution in [0.25, 0.3) is 0 Å². The Morgan fingerprint density at radius 3 is 2.18 bits per heavy atom. The molecular formula is C29H28N2O7. The molecule has 3 aromatic carbocycles. The Bertz CT molecular complexity index is 1360. The highest BCUT2D eigenvalue weighted by Crippen LogP contribution is 2.35. The largest absolute Gasteiger partial charge is 0.493 e. The van der Waals surface area contributed by atoms with Gasteiger partial charge in [0, 0.05) is 12.5 Å². The topological polar surface area (TPSA) is 102 Å². The molecule has 9 nitrogen and oxygen atoms in total. The summed E-state index contributed by atoms with van der Waals surface area (Å²) >= 11 is 0. The summed E-state index contributed by atoms with van der Waals surface area (Å²) in [6.07, 6.45) is -0.180. The summed E-state index contributed by atoms with van der Waals surface area (Å²) in [6, 6.07) is 18.6. The molecule has 1 heterocycles. The highest BCUT2D eigenvalue weighted by atomic mass is 16.5. The number of amides is 3. The van der Waals surface area contributed by atoms with E-state index in [9.17, 15) is 19.2 Å². The van der Waals surface area contributed by atoms with Gasteiger partial charge in [0.25, 0.3) is 11.8 Å². The van der Waals surface area contributed by atoms with Crippen LogP contribution in [0, 0.1) is 0 Å². The number of benzene rings is 3. The molecule has 0 N–H and O–H groups in total. The molecule has 196 valence electrons. The van der Waals surface area contributed by atoms with Crippen LogP contribution in [0.4, 0.5) is 5.69 Å². The zero-order valence-corrected chi connectivity index (χ0v) is 21.5. The standard InChI is InChI=1S/C29H28N2O7/c1-18(20-8-6-5-7-9-20)30(28(34)21-10-15-25(36-3)26(16-21)37-4)24-17-27(33)31(29(24)35)22-11-13-23(14-12-22)38-19(2)32/h5-16,18,24H,17H2,1-4H3. The van der Waals surface area contributed by atoms with Crippen LogP contribution in [0.2, 0.25) is 0 Å². The fourth-order valence-corrected chi connectivity index (χ4v) is 4.53. The van der Waals surface area contributed by atoms with Gasteiger partial charge in [0.05, 0.1) is 32.4 Å². The van der Waals surface area contributed by atoms with Crippen molar-refractivity contribution in [3.05, 3.63) is 83.9 Å². The van der Waals surface area contributed by atoms with Gasteiger partial charge in [-0.15, -0.1) is 0 Å². The molecule has 0 aromatic heterocycles. The molecule has 38 heavy (non-hydrogen) atoms. The number of hydrogen-bond donors (Lipinski definition) is 0. The maximum atomic E-state index is 14.0. The first-order valence-electron chi connectivity index (χ1n) is 12.0. The van der Waals surface area contributed by atoms with Crippen molar-refractivity contribution in [3.8, 4) is 17.2 Å². The normalized spacial score (nSPS) is 15.7. The van der Waals surface area contributed by atoms with Gasteiger partial charge in [-0.3, -0.25) is 19.2 Å². The molecule has 0 aliphatic carbocycles. The van der Waals surface area contributed by atoms with Gasteiger partial charge in [-0.1, -0.05) is 30.3 Å². The second-order valence-corrected chi connectivity index (χ2v) is 8.74. The minimum Gasteiger partial charge on any atom is -0.493 e.